The minimum atomic E-state index is -3.05. The minimum Gasteiger partial charge on any atom is -0.506 e. The van der Waals surface area contributed by atoms with Crippen molar-refractivity contribution in [1.82, 2.24) is 9.78 Å². The molecule has 0 fully saturated rings. The zero-order chi connectivity index (χ0) is 12.8. The topological polar surface area (TPSA) is 72.2 Å². The van der Waals surface area contributed by atoms with Gasteiger partial charge < -0.3 is 5.11 Å². The van der Waals surface area contributed by atoms with Gasteiger partial charge in [-0.2, -0.15) is 5.10 Å². The molecule has 6 heteroatoms. The molecule has 0 spiro atoms. The van der Waals surface area contributed by atoms with Gasteiger partial charge in [0.15, 0.2) is 9.84 Å². The van der Waals surface area contributed by atoms with Crippen LogP contribution in [0.5, 0.6) is 5.75 Å². The maximum Gasteiger partial charge on any atom is 0.156 e. The summed E-state index contributed by atoms with van der Waals surface area (Å²) in [6, 6.07) is 6.76. The molecule has 2 aromatic rings. The van der Waals surface area contributed by atoms with Gasteiger partial charge in [0.1, 0.15) is 11.4 Å². The molecule has 1 aliphatic rings. The van der Waals surface area contributed by atoms with Crippen molar-refractivity contribution >= 4 is 9.84 Å². The number of phenols is 1. The fourth-order valence-electron chi connectivity index (χ4n) is 2.17. The Balaban J connectivity index is 2.17. The van der Waals surface area contributed by atoms with Crippen LogP contribution in [-0.4, -0.2) is 29.1 Å². The second-order valence-corrected chi connectivity index (χ2v) is 6.54. The van der Waals surface area contributed by atoms with Crippen LogP contribution in [0.1, 0.15) is 11.3 Å². The molecule has 3 rings (SSSR count). The third-order valence-electron chi connectivity index (χ3n) is 3.10. The summed E-state index contributed by atoms with van der Waals surface area (Å²) in [6.45, 7) is 0. The maximum absolute atomic E-state index is 11.7. The Hall–Kier alpha value is -1.82. The summed E-state index contributed by atoms with van der Waals surface area (Å²) < 4.78 is 24.9. The summed E-state index contributed by atoms with van der Waals surface area (Å²) in [5.41, 5.74) is 2.10. The first-order valence-electron chi connectivity index (χ1n) is 5.61. The highest BCUT2D eigenvalue weighted by molar-refractivity contribution is 7.90. The zero-order valence-corrected chi connectivity index (χ0v) is 10.4. The molecule has 1 aromatic carbocycles. The van der Waals surface area contributed by atoms with Gasteiger partial charge >= 0.3 is 0 Å². The second-order valence-electron chi connectivity index (χ2n) is 4.36. The number of para-hydroxylation sites is 2. The highest BCUT2D eigenvalue weighted by Gasteiger charge is 2.26. The molecule has 0 unspecified atom stereocenters. The lowest BCUT2D eigenvalue weighted by atomic mass is 10.2. The lowest BCUT2D eigenvalue weighted by Crippen LogP contribution is -2.20. The summed E-state index contributed by atoms with van der Waals surface area (Å²) in [7, 11) is -3.05. The number of hydrogen-bond acceptors (Lipinski definition) is 4. The minimum absolute atomic E-state index is 0.0172. The van der Waals surface area contributed by atoms with E-state index in [1.807, 2.05) is 0 Å². The first-order valence-corrected chi connectivity index (χ1v) is 7.43. The van der Waals surface area contributed by atoms with E-state index >= 15 is 0 Å². The summed E-state index contributed by atoms with van der Waals surface area (Å²) in [5, 5.41) is 14.0. The van der Waals surface area contributed by atoms with Crippen molar-refractivity contribution in [2.24, 2.45) is 0 Å². The van der Waals surface area contributed by atoms with Crippen LogP contribution in [-0.2, 0) is 22.0 Å². The molecule has 0 aliphatic carbocycles. The number of aryl methyl sites for hydroxylation is 1. The fourth-order valence-corrected chi connectivity index (χ4v) is 3.57. The molecular weight excluding hydrogens is 252 g/mol. The van der Waals surface area contributed by atoms with E-state index in [1.165, 1.54) is 4.68 Å². The van der Waals surface area contributed by atoms with Crippen molar-refractivity contribution in [3.63, 3.8) is 0 Å². The summed E-state index contributed by atoms with van der Waals surface area (Å²) in [6.07, 6.45) is 2.17. The average Bonchev–Trinajstić information content (AvgIpc) is 2.71. The van der Waals surface area contributed by atoms with Crippen LogP contribution >= 0.6 is 0 Å². The predicted octanol–water partition coefficient (Wildman–Crippen LogP) is 1.05. The van der Waals surface area contributed by atoms with Crippen LogP contribution < -0.4 is 0 Å². The van der Waals surface area contributed by atoms with E-state index in [-0.39, 0.29) is 17.3 Å². The Bertz CT molecular complexity index is 704. The number of benzene rings is 1. The predicted molar refractivity (Wildman–Crippen MR) is 66.4 cm³/mol. The van der Waals surface area contributed by atoms with Gasteiger partial charge in [-0.1, -0.05) is 12.1 Å². The van der Waals surface area contributed by atoms with Crippen molar-refractivity contribution in [1.29, 1.82) is 0 Å². The fraction of sp³-hybridized carbons (Fsp3) is 0.250. The summed E-state index contributed by atoms with van der Waals surface area (Å²) in [5.74, 6) is 0.245. The molecule has 2 heterocycles. The van der Waals surface area contributed by atoms with E-state index in [0.29, 0.717) is 17.8 Å². The van der Waals surface area contributed by atoms with Gasteiger partial charge in [-0.3, -0.25) is 0 Å². The number of aromatic nitrogens is 2. The van der Waals surface area contributed by atoms with E-state index in [2.05, 4.69) is 5.10 Å². The second kappa shape index (κ2) is 3.84. The molecule has 0 amide bonds. The highest BCUT2D eigenvalue weighted by atomic mass is 32.2. The molecule has 1 aromatic heterocycles. The first kappa shape index (κ1) is 11.3. The van der Waals surface area contributed by atoms with E-state index in [0.717, 1.165) is 5.56 Å². The number of rotatable bonds is 1. The van der Waals surface area contributed by atoms with Crippen LogP contribution in [0, 0.1) is 0 Å². The van der Waals surface area contributed by atoms with Gasteiger partial charge in [0.25, 0.3) is 0 Å². The molecule has 0 radical (unpaired) electrons. The third kappa shape index (κ3) is 1.78. The Labute approximate surface area is 105 Å². The Morgan fingerprint density at radius 1 is 1.28 bits per heavy atom. The van der Waals surface area contributed by atoms with Crippen LogP contribution in [0.4, 0.5) is 0 Å². The Kier molecular flexibility index (Phi) is 2.41. The Morgan fingerprint density at radius 3 is 2.83 bits per heavy atom. The van der Waals surface area contributed by atoms with Crippen molar-refractivity contribution in [2.45, 2.75) is 12.2 Å². The molecule has 0 saturated carbocycles. The largest absolute Gasteiger partial charge is 0.506 e. The molecule has 1 aliphatic heterocycles. The maximum atomic E-state index is 11.7. The standard InChI is InChI=1S/C12H12N2O3S/c15-12-4-2-1-3-10(12)14-11-8-18(16,17)6-5-9(11)7-13-14/h1-4,7,15H,5-6,8H2. The number of sulfone groups is 1. The molecule has 5 nitrogen and oxygen atoms in total. The number of fused-ring (bicyclic) bond motifs is 1. The SMILES string of the molecule is O=S1(=O)CCc2cnn(-c3ccccc3O)c2C1. The normalized spacial score (nSPS) is 17.3. The Morgan fingerprint density at radius 2 is 2.06 bits per heavy atom. The molecule has 1 N–H and O–H groups in total. The lowest BCUT2D eigenvalue weighted by Gasteiger charge is -2.15. The number of hydrogen-bond donors (Lipinski definition) is 1. The van der Waals surface area contributed by atoms with Gasteiger partial charge in [-0.25, -0.2) is 13.1 Å². The van der Waals surface area contributed by atoms with E-state index in [1.54, 1.807) is 30.5 Å². The average molecular weight is 264 g/mol. The summed E-state index contributed by atoms with van der Waals surface area (Å²) in [4.78, 5) is 0. The molecule has 94 valence electrons. The van der Waals surface area contributed by atoms with Crippen LogP contribution in [0.15, 0.2) is 30.5 Å². The third-order valence-corrected chi connectivity index (χ3v) is 4.64. The quantitative estimate of drug-likeness (QED) is 0.835. The van der Waals surface area contributed by atoms with Gasteiger partial charge in [0.2, 0.25) is 0 Å². The molecular formula is C12H12N2O3S. The zero-order valence-electron chi connectivity index (χ0n) is 9.57. The highest BCUT2D eigenvalue weighted by Crippen LogP contribution is 2.27. The summed E-state index contributed by atoms with van der Waals surface area (Å²) >= 11 is 0. The molecule has 0 saturated heterocycles. The van der Waals surface area contributed by atoms with E-state index < -0.39 is 9.84 Å². The van der Waals surface area contributed by atoms with Gasteiger partial charge in [0, 0.05) is 0 Å². The molecule has 18 heavy (non-hydrogen) atoms. The van der Waals surface area contributed by atoms with E-state index in [4.69, 9.17) is 0 Å². The van der Waals surface area contributed by atoms with Crippen molar-refractivity contribution in [2.75, 3.05) is 5.75 Å². The first-order chi connectivity index (χ1) is 8.57. The number of aromatic hydroxyl groups is 1. The van der Waals surface area contributed by atoms with Crippen molar-refractivity contribution in [3.05, 3.63) is 41.7 Å². The van der Waals surface area contributed by atoms with E-state index in [9.17, 15) is 13.5 Å². The van der Waals surface area contributed by atoms with Crippen LogP contribution in [0.3, 0.4) is 0 Å². The molecule has 0 bridgehead atoms. The van der Waals surface area contributed by atoms with Gasteiger partial charge in [-0.15, -0.1) is 0 Å². The van der Waals surface area contributed by atoms with Gasteiger partial charge in [0.05, 0.1) is 23.4 Å². The monoisotopic (exact) mass is 264 g/mol. The van der Waals surface area contributed by atoms with Crippen LogP contribution in [0.25, 0.3) is 5.69 Å². The molecule has 0 atom stereocenters. The smallest absolute Gasteiger partial charge is 0.156 e. The lowest BCUT2D eigenvalue weighted by molar-refractivity contribution is 0.469. The van der Waals surface area contributed by atoms with Crippen molar-refractivity contribution in [3.8, 4) is 11.4 Å². The number of phenolic OH excluding ortho intramolecular Hbond substituents is 1. The van der Waals surface area contributed by atoms with Gasteiger partial charge in [-0.05, 0) is 24.1 Å². The van der Waals surface area contributed by atoms with Crippen molar-refractivity contribution < 1.29 is 13.5 Å². The van der Waals surface area contributed by atoms with Crippen LogP contribution in [0.2, 0.25) is 0 Å². The number of nitrogens with zero attached hydrogens (tertiary/aromatic N) is 2.